The van der Waals surface area contributed by atoms with E-state index >= 15 is 0 Å². The summed E-state index contributed by atoms with van der Waals surface area (Å²) in [6.07, 6.45) is 4.70. The van der Waals surface area contributed by atoms with E-state index in [9.17, 15) is 4.79 Å². The average Bonchev–Trinajstić information content (AvgIpc) is 3.16. The topological polar surface area (TPSA) is 69.2 Å². The van der Waals surface area contributed by atoms with E-state index in [4.69, 9.17) is 10.1 Å². The van der Waals surface area contributed by atoms with E-state index < -0.39 is 0 Å². The molecule has 0 unspecified atom stereocenters. The van der Waals surface area contributed by atoms with Crippen molar-refractivity contribution >= 4 is 0 Å². The van der Waals surface area contributed by atoms with Crippen molar-refractivity contribution < 1.29 is 5.11 Å². The lowest BCUT2D eigenvalue weighted by Crippen LogP contribution is -2.26. The summed E-state index contributed by atoms with van der Waals surface area (Å²) in [6.45, 7) is 4.57. The van der Waals surface area contributed by atoms with Gasteiger partial charge in [0.15, 0.2) is 0 Å². The predicted octanol–water partition coefficient (Wildman–Crippen LogP) is 2.91. The van der Waals surface area contributed by atoms with Crippen LogP contribution in [-0.2, 0) is 6.54 Å². The molecule has 1 fully saturated rings. The van der Waals surface area contributed by atoms with E-state index in [1.54, 1.807) is 6.07 Å². The number of aromatic nitrogens is 2. The van der Waals surface area contributed by atoms with E-state index in [2.05, 4.69) is 28.9 Å². The van der Waals surface area contributed by atoms with Crippen molar-refractivity contribution in [1.82, 2.24) is 14.9 Å². The molecule has 5 heteroatoms. The van der Waals surface area contributed by atoms with Gasteiger partial charge >= 0.3 is 0 Å². The number of aliphatic hydroxyl groups is 1. The Kier molecular flexibility index (Phi) is 6.00. The fourth-order valence-electron chi connectivity index (χ4n) is 3.61. The molecule has 0 spiro atoms. The van der Waals surface area contributed by atoms with Gasteiger partial charge in [-0.3, -0.25) is 9.69 Å². The maximum absolute atomic E-state index is 12.1. The maximum Gasteiger partial charge on any atom is 0.251 e. The highest BCUT2D eigenvalue weighted by molar-refractivity contribution is 5.56. The second-order valence-electron chi connectivity index (χ2n) is 6.79. The van der Waals surface area contributed by atoms with Crippen LogP contribution in [0.1, 0.15) is 49.8 Å². The molecule has 1 aromatic carbocycles. The number of H-pyrrole nitrogens is 1. The number of aliphatic hydroxyl groups excluding tert-OH is 1. The number of aromatic amines is 1. The summed E-state index contributed by atoms with van der Waals surface area (Å²) >= 11 is 0. The molecule has 2 aromatic rings. The number of hydrogen-bond donors (Lipinski definition) is 2. The van der Waals surface area contributed by atoms with Gasteiger partial charge < -0.3 is 10.1 Å². The Bertz CT molecular complexity index is 751. The van der Waals surface area contributed by atoms with Crippen molar-refractivity contribution in [1.29, 1.82) is 0 Å². The fraction of sp³-hybridized carbons (Fsp3) is 0.500. The molecule has 0 atom stereocenters. The quantitative estimate of drug-likeness (QED) is 0.812. The lowest BCUT2D eigenvalue weighted by atomic mass is 10.0. The molecule has 0 saturated heterocycles. The molecule has 1 aromatic heterocycles. The predicted molar refractivity (Wildman–Crippen MR) is 99.5 cm³/mol. The van der Waals surface area contributed by atoms with Crippen LogP contribution >= 0.6 is 0 Å². The highest BCUT2D eigenvalue weighted by Gasteiger charge is 2.19. The SMILES string of the molecule is CCN(CCO)Cc1cccc(-c2nc(C3CCCC3)cc(=O)[nH]2)c1. The Balaban J connectivity index is 1.86. The molecule has 1 aliphatic rings. The minimum Gasteiger partial charge on any atom is -0.395 e. The average molecular weight is 341 g/mol. The van der Waals surface area contributed by atoms with E-state index in [-0.39, 0.29) is 12.2 Å². The van der Waals surface area contributed by atoms with Crippen LogP contribution < -0.4 is 5.56 Å². The van der Waals surface area contributed by atoms with Crippen molar-refractivity contribution in [2.24, 2.45) is 0 Å². The van der Waals surface area contributed by atoms with Gasteiger partial charge in [0.25, 0.3) is 5.56 Å². The minimum absolute atomic E-state index is 0.0761. The van der Waals surface area contributed by atoms with Crippen LogP contribution in [0.25, 0.3) is 11.4 Å². The Morgan fingerprint density at radius 2 is 2.08 bits per heavy atom. The van der Waals surface area contributed by atoms with Gasteiger partial charge in [-0.15, -0.1) is 0 Å². The second kappa shape index (κ2) is 8.41. The number of rotatable bonds is 7. The Morgan fingerprint density at radius 1 is 1.28 bits per heavy atom. The lowest BCUT2D eigenvalue weighted by Gasteiger charge is -2.19. The highest BCUT2D eigenvalue weighted by Crippen LogP contribution is 2.33. The molecule has 1 heterocycles. The third-order valence-electron chi connectivity index (χ3n) is 5.00. The third-order valence-corrected chi connectivity index (χ3v) is 5.00. The van der Waals surface area contributed by atoms with Gasteiger partial charge in [-0.1, -0.05) is 38.0 Å². The van der Waals surface area contributed by atoms with Crippen molar-refractivity contribution in [2.45, 2.75) is 45.1 Å². The summed E-state index contributed by atoms with van der Waals surface area (Å²) in [6, 6.07) is 9.80. The molecule has 1 saturated carbocycles. The first kappa shape index (κ1) is 17.8. The summed E-state index contributed by atoms with van der Waals surface area (Å²) < 4.78 is 0. The fourth-order valence-corrected chi connectivity index (χ4v) is 3.61. The second-order valence-corrected chi connectivity index (χ2v) is 6.79. The minimum atomic E-state index is -0.0761. The van der Waals surface area contributed by atoms with E-state index in [0.717, 1.165) is 42.8 Å². The lowest BCUT2D eigenvalue weighted by molar-refractivity contribution is 0.197. The summed E-state index contributed by atoms with van der Waals surface area (Å²) in [5.41, 5.74) is 2.95. The van der Waals surface area contributed by atoms with Crippen LogP contribution in [0, 0.1) is 0 Å². The molecular weight excluding hydrogens is 314 g/mol. The zero-order valence-electron chi connectivity index (χ0n) is 14.9. The number of likely N-dealkylation sites (N-methyl/N-ethyl adjacent to an activating group) is 1. The Morgan fingerprint density at radius 3 is 2.80 bits per heavy atom. The Labute approximate surface area is 148 Å². The molecule has 0 radical (unpaired) electrons. The molecule has 1 aliphatic carbocycles. The molecule has 2 N–H and O–H groups in total. The van der Waals surface area contributed by atoms with Gasteiger partial charge in [-0.05, 0) is 31.0 Å². The normalized spacial score (nSPS) is 15.2. The van der Waals surface area contributed by atoms with Gasteiger partial charge in [0, 0.05) is 30.6 Å². The van der Waals surface area contributed by atoms with Crippen LogP contribution in [0.3, 0.4) is 0 Å². The molecular formula is C20H27N3O2. The van der Waals surface area contributed by atoms with Crippen molar-refractivity contribution in [3.05, 3.63) is 51.9 Å². The van der Waals surface area contributed by atoms with Crippen LogP contribution in [0.2, 0.25) is 0 Å². The van der Waals surface area contributed by atoms with Gasteiger partial charge in [0.05, 0.1) is 12.3 Å². The van der Waals surface area contributed by atoms with E-state index in [1.165, 1.54) is 12.8 Å². The van der Waals surface area contributed by atoms with Crippen molar-refractivity contribution in [3.8, 4) is 11.4 Å². The summed E-state index contributed by atoms with van der Waals surface area (Å²) in [4.78, 5) is 21.9. The first-order chi connectivity index (χ1) is 12.2. The van der Waals surface area contributed by atoms with Gasteiger partial charge in [-0.25, -0.2) is 4.98 Å². The number of hydrogen-bond acceptors (Lipinski definition) is 4. The first-order valence-corrected chi connectivity index (χ1v) is 9.23. The number of nitrogens with one attached hydrogen (secondary N) is 1. The van der Waals surface area contributed by atoms with Crippen LogP contribution in [-0.4, -0.2) is 39.7 Å². The first-order valence-electron chi connectivity index (χ1n) is 9.23. The van der Waals surface area contributed by atoms with Crippen LogP contribution in [0.5, 0.6) is 0 Å². The van der Waals surface area contributed by atoms with E-state index in [0.29, 0.717) is 18.3 Å². The van der Waals surface area contributed by atoms with Gasteiger partial charge in [0.2, 0.25) is 0 Å². The zero-order valence-corrected chi connectivity index (χ0v) is 14.9. The standard InChI is InChI=1S/C20H27N3O2/c1-2-23(10-11-24)14-15-6-5-9-17(12-15)20-21-18(13-19(25)22-20)16-7-3-4-8-16/h5-6,9,12-13,16,24H,2-4,7-8,10-11,14H2,1H3,(H,21,22,25). The molecule has 134 valence electrons. The molecule has 0 amide bonds. The zero-order chi connectivity index (χ0) is 17.6. The summed E-state index contributed by atoms with van der Waals surface area (Å²) in [5.74, 6) is 1.07. The third kappa shape index (κ3) is 4.55. The van der Waals surface area contributed by atoms with Crippen molar-refractivity contribution in [2.75, 3.05) is 19.7 Å². The molecule has 0 aliphatic heterocycles. The summed E-state index contributed by atoms with van der Waals surface area (Å²) in [7, 11) is 0. The molecule has 25 heavy (non-hydrogen) atoms. The maximum atomic E-state index is 12.1. The number of benzene rings is 1. The monoisotopic (exact) mass is 341 g/mol. The summed E-state index contributed by atoms with van der Waals surface area (Å²) in [5, 5.41) is 9.15. The van der Waals surface area contributed by atoms with Crippen molar-refractivity contribution in [3.63, 3.8) is 0 Å². The Hall–Kier alpha value is -1.98. The van der Waals surface area contributed by atoms with Gasteiger partial charge in [-0.2, -0.15) is 0 Å². The van der Waals surface area contributed by atoms with Crippen LogP contribution in [0.15, 0.2) is 35.1 Å². The van der Waals surface area contributed by atoms with Gasteiger partial charge in [0.1, 0.15) is 5.82 Å². The van der Waals surface area contributed by atoms with E-state index in [1.807, 2.05) is 12.1 Å². The molecule has 3 rings (SSSR count). The largest absolute Gasteiger partial charge is 0.395 e. The van der Waals surface area contributed by atoms with Crippen LogP contribution in [0.4, 0.5) is 0 Å². The highest BCUT2D eigenvalue weighted by atomic mass is 16.3. The smallest absolute Gasteiger partial charge is 0.251 e. The molecule has 5 nitrogen and oxygen atoms in total. The molecule has 0 bridgehead atoms. The number of nitrogens with zero attached hydrogens (tertiary/aromatic N) is 2.